The number of hydrogen-bond acceptors (Lipinski definition) is 5. The van der Waals surface area contributed by atoms with Gasteiger partial charge in [0.25, 0.3) is 0 Å². The molecule has 1 amide bonds. The molecule has 2 aliphatic heterocycles. The van der Waals surface area contributed by atoms with Crippen LogP contribution in [0.25, 0.3) is 22.0 Å². The summed E-state index contributed by atoms with van der Waals surface area (Å²) >= 11 is 6.05. The third-order valence-electron chi connectivity index (χ3n) is 5.79. The van der Waals surface area contributed by atoms with Gasteiger partial charge < -0.3 is 10.2 Å². The van der Waals surface area contributed by atoms with Crippen molar-refractivity contribution in [2.75, 3.05) is 16.8 Å². The maximum atomic E-state index is 13.9. The van der Waals surface area contributed by atoms with Crippen molar-refractivity contribution in [2.45, 2.75) is 12.8 Å². The van der Waals surface area contributed by atoms with Crippen LogP contribution in [-0.4, -0.2) is 27.4 Å². The van der Waals surface area contributed by atoms with Gasteiger partial charge in [0.1, 0.15) is 18.0 Å². The number of aromatic nitrogens is 3. The van der Waals surface area contributed by atoms with Crippen molar-refractivity contribution >= 4 is 45.6 Å². The number of rotatable bonds is 2. The lowest BCUT2D eigenvalue weighted by atomic mass is 10.0. The lowest BCUT2D eigenvalue weighted by Crippen LogP contribution is -2.15. The van der Waals surface area contributed by atoms with Crippen molar-refractivity contribution < 1.29 is 9.18 Å². The fourth-order valence-corrected chi connectivity index (χ4v) is 4.44. The number of anilines is 3. The lowest BCUT2D eigenvalue weighted by Gasteiger charge is -2.20. The van der Waals surface area contributed by atoms with E-state index in [4.69, 9.17) is 11.6 Å². The summed E-state index contributed by atoms with van der Waals surface area (Å²) in [6, 6.07) is 11.0. The van der Waals surface area contributed by atoms with Crippen LogP contribution in [0.4, 0.5) is 21.6 Å². The van der Waals surface area contributed by atoms with Crippen LogP contribution in [-0.2, 0) is 17.6 Å². The SMILES string of the molecule is O=C1Cc2ncc(-c3ccc4ncnc(N5CCc6cc(F)c(Cl)cc65)c4c3)cc2N1. The van der Waals surface area contributed by atoms with E-state index in [1.54, 1.807) is 12.3 Å². The van der Waals surface area contributed by atoms with Crippen LogP contribution in [0.15, 0.2) is 48.9 Å². The van der Waals surface area contributed by atoms with Gasteiger partial charge in [-0.05, 0) is 47.9 Å². The van der Waals surface area contributed by atoms with E-state index < -0.39 is 5.82 Å². The molecule has 0 spiro atoms. The summed E-state index contributed by atoms with van der Waals surface area (Å²) < 4.78 is 13.9. The molecule has 0 saturated carbocycles. The predicted octanol–water partition coefficient (Wildman–Crippen LogP) is 4.67. The normalized spacial score (nSPS) is 14.6. The molecular weight excluding hydrogens is 417 g/mol. The number of amides is 1. The Morgan fingerprint density at radius 3 is 2.87 bits per heavy atom. The second-order valence-electron chi connectivity index (χ2n) is 7.67. The topological polar surface area (TPSA) is 71.0 Å². The molecule has 0 bridgehead atoms. The number of benzene rings is 2. The van der Waals surface area contributed by atoms with Crippen LogP contribution in [0.1, 0.15) is 11.3 Å². The molecule has 31 heavy (non-hydrogen) atoms. The molecule has 2 aliphatic rings. The molecule has 8 heteroatoms. The molecule has 0 unspecified atom stereocenters. The largest absolute Gasteiger partial charge is 0.325 e. The summed E-state index contributed by atoms with van der Waals surface area (Å²) in [4.78, 5) is 27.1. The summed E-state index contributed by atoms with van der Waals surface area (Å²) in [7, 11) is 0. The fourth-order valence-electron chi connectivity index (χ4n) is 4.29. The summed E-state index contributed by atoms with van der Waals surface area (Å²) in [5.41, 5.74) is 5.91. The van der Waals surface area contributed by atoms with Crippen molar-refractivity contribution in [1.29, 1.82) is 0 Å². The third kappa shape index (κ3) is 2.92. The fraction of sp³-hybridized carbons (Fsp3) is 0.130. The van der Waals surface area contributed by atoms with Crippen LogP contribution in [0.5, 0.6) is 0 Å². The highest BCUT2D eigenvalue weighted by atomic mass is 35.5. The van der Waals surface area contributed by atoms with Gasteiger partial charge in [-0.3, -0.25) is 9.78 Å². The van der Waals surface area contributed by atoms with E-state index in [0.717, 1.165) is 50.5 Å². The number of hydrogen-bond donors (Lipinski definition) is 1. The zero-order valence-corrected chi connectivity index (χ0v) is 16.9. The lowest BCUT2D eigenvalue weighted by molar-refractivity contribution is -0.115. The van der Waals surface area contributed by atoms with E-state index in [-0.39, 0.29) is 10.9 Å². The molecule has 152 valence electrons. The standard InChI is InChI=1S/C23H15ClFN5O/c24-16-8-21-13(6-17(16)25)3-4-30(21)23-15-5-12(1-2-18(15)27-11-28-23)14-7-20-19(26-10-14)9-22(31)29-20/h1-2,5-8,10-11H,3-4,9H2,(H,29,31). The summed E-state index contributed by atoms with van der Waals surface area (Å²) in [5.74, 6) is 0.292. The molecule has 2 aromatic carbocycles. The Labute approximate surface area is 181 Å². The third-order valence-corrected chi connectivity index (χ3v) is 6.08. The Morgan fingerprint density at radius 2 is 1.97 bits per heavy atom. The van der Waals surface area contributed by atoms with E-state index in [1.807, 2.05) is 24.3 Å². The highest BCUT2D eigenvalue weighted by molar-refractivity contribution is 6.31. The smallest absolute Gasteiger partial charge is 0.230 e. The van der Waals surface area contributed by atoms with Gasteiger partial charge in [-0.2, -0.15) is 0 Å². The molecule has 0 atom stereocenters. The van der Waals surface area contributed by atoms with E-state index >= 15 is 0 Å². The van der Waals surface area contributed by atoms with Gasteiger partial charge in [0.2, 0.25) is 5.91 Å². The van der Waals surface area contributed by atoms with E-state index in [9.17, 15) is 9.18 Å². The average molecular weight is 432 g/mol. The first-order valence-electron chi connectivity index (χ1n) is 9.86. The first kappa shape index (κ1) is 18.2. The van der Waals surface area contributed by atoms with Crippen LogP contribution in [0.2, 0.25) is 5.02 Å². The molecule has 0 aliphatic carbocycles. The first-order valence-corrected chi connectivity index (χ1v) is 10.2. The van der Waals surface area contributed by atoms with Crippen molar-refractivity contribution in [3.05, 3.63) is 71.0 Å². The second-order valence-corrected chi connectivity index (χ2v) is 8.08. The number of carbonyl (C=O) groups is 1. The number of pyridine rings is 1. The molecule has 0 fully saturated rings. The minimum atomic E-state index is -0.409. The molecule has 4 heterocycles. The number of nitrogens with zero attached hydrogens (tertiary/aromatic N) is 4. The van der Waals surface area contributed by atoms with Gasteiger partial charge >= 0.3 is 0 Å². The molecule has 1 N–H and O–H groups in total. The monoisotopic (exact) mass is 431 g/mol. The Morgan fingerprint density at radius 1 is 1.06 bits per heavy atom. The second kappa shape index (κ2) is 6.72. The van der Waals surface area contributed by atoms with Crippen LogP contribution in [0.3, 0.4) is 0 Å². The molecular formula is C23H15ClFN5O. The highest BCUT2D eigenvalue weighted by Crippen LogP contribution is 2.40. The van der Waals surface area contributed by atoms with Crippen LogP contribution < -0.4 is 10.2 Å². The molecule has 0 saturated heterocycles. The van der Waals surface area contributed by atoms with Crippen molar-refractivity contribution in [3.8, 4) is 11.1 Å². The van der Waals surface area contributed by atoms with E-state index in [2.05, 4.69) is 25.2 Å². The summed E-state index contributed by atoms with van der Waals surface area (Å²) in [6.45, 7) is 0.678. The molecule has 6 rings (SSSR count). The van der Waals surface area contributed by atoms with Gasteiger partial charge in [-0.1, -0.05) is 17.7 Å². The molecule has 4 aromatic rings. The maximum absolute atomic E-state index is 13.9. The number of halogens is 2. The van der Waals surface area contributed by atoms with Crippen molar-refractivity contribution in [3.63, 3.8) is 0 Å². The number of nitrogens with one attached hydrogen (secondary N) is 1. The van der Waals surface area contributed by atoms with Gasteiger partial charge in [0.15, 0.2) is 0 Å². The van der Waals surface area contributed by atoms with Crippen molar-refractivity contribution in [2.24, 2.45) is 0 Å². The molecule has 2 aromatic heterocycles. The average Bonchev–Trinajstić information content (AvgIpc) is 3.34. The quantitative estimate of drug-likeness (QED) is 0.499. The Kier molecular flexibility index (Phi) is 3.94. The minimum Gasteiger partial charge on any atom is -0.325 e. The van der Waals surface area contributed by atoms with E-state index in [1.165, 1.54) is 12.4 Å². The highest BCUT2D eigenvalue weighted by Gasteiger charge is 2.25. The van der Waals surface area contributed by atoms with Gasteiger partial charge in [0, 0.05) is 29.4 Å². The predicted molar refractivity (Wildman–Crippen MR) is 117 cm³/mol. The Bertz CT molecular complexity index is 1410. The summed E-state index contributed by atoms with van der Waals surface area (Å²) in [5, 5.41) is 3.81. The minimum absolute atomic E-state index is 0.0448. The Balaban J connectivity index is 1.47. The number of carbonyl (C=O) groups excluding carboxylic acids is 1. The number of fused-ring (bicyclic) bond motifs is 3. The van der Waals surface area contributed by atoms with Gasteiger partial charge in [0.05, 0.1) is 28.3 Å². The first-order chi connectivity index (χ1) is 15.1. The Hall–Kier alpha value is -3.58. The molecule has 0 radical (unpaired) electrons. The zero-order valence-electron chi connectivity index (χ0n) is 16.2. The van der Waals surface area contributed by atoms with Crippen LogP contribution >= 0.6 is 11.6 Å². The maximum Gasteiger partial charge on any atom is 0.230 e. The van der Waals surface area contributed by atoms with E-state index in [0.29, 0.717) is 19.4 Å². The van der Waals surface area contributed by atoms with Crippen LogP contribution in [0, 0.1) is 5.82 Å². The summed E-state index contributed by atoms with van der Waals surface area (Å²) in [6.07, 6.45) is 4.33. The molecule has 6 nitrogen and oxygen atoms in total. The van der Waals surface area contributed by atoms with Crippen molar-refractivity contribution in [1.82, 2.24) is 15.0 Å². The van der Waals surface area contributed by atoms with Gasteiger partial charge in [-0.25, -0.2) is 14.4 Å². The van der Waals surface area contributed by atoms with Gasteiger partial charge in [-0.15, -0.1) is 0 Å². The zero-order chi connectivity index (χ0) is 21.1.